The fourth-order valence-corrected chi connectivity index (χ4v) is 2.38. The van der Waals surface area contributed by atoms with Crippen molar-refractivity contribution in [2.45, 2.75) is 52.2 Å². The van der Waals surface area contributed by atoms with E-state index in [-0.39, 0.29) is 6.10 Å². The van der Waals surface area contributed by atoms with E-state index < -0.39 is 0 Å². The summed E-state index contributed by atoms with van der Waals surface area (Å²) in [6.45, 7) is 7.01. The predicted molar refractivity (Wildman–Crippen MR) is 79.4 cm³/mol. The van der Waals surface area contributed by atoms with Crippen molar-refractivity contribution in [3.8, 4) is 5.75 Å². The average molecular weight is 265 g/mol. The molecule has 1 aromatic rings. The molecule has 0 saturated heterocycles. The number of hydrogen-bond acceptors (Lipinski definition) is 3. The van der Waals surface area contributed by atoms with Crippen LogP contribution in [-0.4, -0.2) is 28.9 Å². The molecule has 1 aromatic carbocycles. The van der Waals surface area contributed by atoms with Crippen molar-refractivity contribution in [3.05, 3.63) is 29.8 Å². The van der Waals surface area contributed by atoms with E-state index in [1.54, 1.807) is 12.1 Å². The number of aliphatic hydroxyl groups is 1. The molecular formula is C16H27NO2. The highest BCUT2D eigenvalue weighted by Crippen LogP contribution is 2.13. The summed E-state index contributed by atoms with van der Waals surface area (Å²) in [5, 5.41) is 22.7. The average Bonchev–Trinajstić information content (AvgIpc) is 2.40. The fourth-order valence-electron chi connectivity index (χ4n) is 2.38. The van der Waals surface area contributed by atoms with Gasteiger partial charge in [0, 0.05) is 12.6 Å². The van der Waals surface area contributed by atoms with Gasteiger partial charge in [-0.1, -0.05) is 38.8 Å². The molecule has 0 amide bonds. The van der Waals surface area contributed by atoms with E-state index in [1.165, 1.54) is 5.56 Å². The molecule has 2 unspecified atom stereocenters. The van der Waals surface area contributed by atoms with Crippen molar-refractivity contribution in [2.75, 3.05) is 6.54 Å². The zero-order chi connectivity index (χ0) is 14.3. The Hall–Kier alpha value is -1.06. The highest BCUT2D eigenvalue weighted by Gasteiger charge is 2.15. The van der Waals surface area contributed by atoms with Crippen molar-refractivity contribution in [1.82, 2.24) is 5.32 Å². The van der Waals surface area contributed by atoms with E-state index >= 15 is 0 Å². The third-order valence-corrected chi connectivity index (χ3v) is 3.75. The Morgan fingerprint density at radius 1 is 1.11 bits per heavy atom. The summed E-state index contributed by atoms with van der Waals surface area (Å²) in [5.74, 6) is 0.682. The van der Waals surface area contributed by atoms with Gasteiger partial charge in [-0.2, -0.15) is 0 Å². The Balaban J connectivity index is 2.35. The Labute approximate surface area is 116 Å². The first-order valence-electron chi connectivity index (χ1n) is 7.26. The molecule has 0 aliphatic carbocycles. The molecule has 0 aromatic heterocycles. The summed E-state index contributed by atoms with van der Waals surface area (Å²) in [6.07, 6.45) is 2.67. The zero-order valence-electron chi connectivity index (χ0n) is 12.3. The van der Waals surface area contributed by atoms with Crippen LogP contribution in [-0.2, 0) is 6.42 Å². The molecule has 19 heavy (non-hydrogen) atoms. The molecule has 3 heteroatoms. The Kier molecular flexibility index (Phi) is 6.89. The van der Waals surface area contributed by atoms with Crippen LogP contribution in [0.2, 0.25) is 0 Å². The van der Waals surface area contributed by atoms with Crippen molar-refractivity contribution in [1.29, 1.82) is 0 Å². The van der Waals surface area contributed by atoms with Gasteiger partial charge >= 0.3 is 0 Å². The first kappa shape index (κ1) is 16.0. The zero-order valence-corrected chi connectivity index (χ0v) is 12.3. The lowest BCUT2D eigenvalue weighted by Gasteiger charge is -2.23. The molecule has 3 nitrogen and oxygen atoms in total. The molecule has 0 aliphatic heterocycles. The minimum absolute atomic E-state index is 0.266. The van der Waals surface area contributed by atoms with E-state index in [0.29, 0.717) is 24.3 Å². The summed E-state index contributed by atoms with van der Waals surface area (Å²) in [4.78, 5) is 0. The highest BCUT2D eigenvalue weighted by atomic mass is 16.3. The van der Waals surface area contributed by atoms with Crippen molar-refractivity contribution >= 4 is 0 Å². The third kappa shape index (κ3) is 5.62. The van der Waals surface area contributed by atoms with Crippen LogP contribution in [0.1, 0.15) is 39.2 Å². The summed E-state index contributed by atoms with van der Waals surface area (Å²) in [7, 11) is 0. The Bertz CT molecular complexity index is 346. The smallest absolute Gasteiger partial charge is 0.115 e. The van der Waals surface area contributed by atoms with Gasteiger partial charge in [0.2, 0.25) is 0 Å². The summed E-state index contributed by atoms with van der Waals surface area (Å²) in [6, 6.07) is 7.60. The number of hydrogen-bond donors (Lipinski definition) is 3. The molecule has 0 fully saturated rings. The highest BCUT2D eigenvalue weighted by molar-refractivity contribution is 5.26. The van der Waals surface area contributed by atoms with Crippen LogP contribution in [0.15, 0.2) is 24.3 Å². The van der Waals surface area contributed by atoms with Crippen LogP contribution in [0.25, 0.3) is 0 Å². The lowest BCUT2D eigenvalue weighted by molar-refractivity contribution is 0.0988. The number of aromatic hydroxyl groups is 1. The van der Waals surface area contributed by atoms with Gasteiger partial charge in [0.1, 0.15) is 5.75 Å². The molecule has 0 bridgehead atoms. The number of nitrogens with one attached hydrogen (secondary N) is 1. The first-order chi connectivity index (χ1) is 9.06. The van der Waals surface area contributed by atoms with Crippen LogP contribution in [0.5, 0.6) is 5.75 Å². The van der Waals surface area contributed by atoms with Crippen molar-refractivity contribution < 1.29 is 10.2 Å². The van der Waals surface area contributed by atoms with Gasteiger partial charge in [0.05, 0.1) is 6.10 Å². The second-order valence-corrected chi connectivity index (χ2v) is 5.32. The molecule has 0 saturated carbocycles. The number of rotatable bonds is 8. The predicted octanol–water partition coefficient (Wildman–Crippen LogP) is 2.71. The number of phenolic OH excluding ortho intramolecular Hbond substituents is 1. The molecule has 3 N–H and O–H groups in total. The quantitative estimate of drug-likeness (QED) is 0.677. The topological polar surface area (TPSA) is 52.5 Å². The van der Waals surface area contributed by atoms with Gasteiger partial charge in [0.15, 0.2) is 0 Å². The van der Waals surface area contributed by atoms with Gasteiger partial charge in [-0.05, 0) is 37.0 Å². The number of phenols is 1. The molecule has 0 heterocycles. The first-order valence-corrected chi connectivity index (χ1v) is 7.26. The van der Waals surface area contributed by atoms with E-state index in [1.807, 2.05) is 12.1 Å². The minimum atomic E-state index is -0.266. The lowest BCUT2D eigenvalue weighted by atomic mass is 9.96. The van der Waals surface area contributed by atoms with E-state index in [4.69, 9.17) is 0 Å². The SMILES string of the molecule is CCC(CC)C(O)CNC(C)Cc1ccc(O)cc1. The molecule has 0 aliphatic rings. The molecule has 0 radical (unpaired) electrons. The van der Waals surface area contributed by atoms with Crippen LogP contribution in [0.3, 0.4) is 0 Å². The van der Waals surface area contributed by atoms with Crippen LogP contribution < -0.4 is 5.32 Å². The van der Waals surface area contributed by atoms with Gasteiger partial charge < -0.3 is 15.5 Å². The number of benzene rings is 1. The van der Waals surface area contributed by atoms with E-state index in [0.717, 1.165) is 19.3 Å². The molecular weight excluding hydrogens is 238 g/mol. The largest absolute Gasteiger partial charge is 0.508 e. The fraction of sp³-hybridized carbons (Fsp3) is 0.625. The summed E-state index contributed by atoms with van der Waals surface area (Å²) in [5.41, 5.74) is 1.19. The monoisotopic (exact) mass is 265 g/mol. The van der Waals surface area contributed by atoms with Gasteiger partial charge in [-0.25, -0.2) is 0 Å². The maximum atomic E-state index is 10.1. The minimum Gasteiger partial charge on any atom is -0.508 e. The maximum absolute atomic E-state index is 10.1. The number of aliphatic hydroxyl groups excluding tert-OH is 1. The Morgan fingerprint density at radius 3 is 2.21 bits per heavy atom. The van der Waals surface area contributed by atoms with Gasteiger partial charge in [0.25, 0.3) is 0 Å². The van der Waals surface area contributed by atoms with E-state index in [2.05, 4.69) is 26.1 Å². The molecule has 108 valence electrons. The lowest BCUT2D eigenvalue weighted by Crippen LogP contribution is -2.38. The second kappa shape index (κ2) is 8.18. The van der Waals surface area contributed by atoms with Crippen LogP contribution in [0, 0.1) is 5.92 Å². The normalized spacial score (nSPS) is 14.6. The summed E-state index contributed by atoms with van der Waals surface area (Å²) >= 11 is 0. The second-order valence-electron chi connectivity index (χ2n) is 5.32. The summed E-state index contributed by atoms with van der Waals surface area (Å²) < 4.78 is 0. The third-order valence-electron chi connectivity index (χ3n) is 3.75. The van der Waals surface area contributed by atoms with Crippen LogP contribution >= 0.6 is 0 Å². The van der Waals surface area contributed by atoms with Crippen LogP contribution in [0.4, 0.5) is 0 Å². The van der Waals surface area contributed by atoms with Gasteiger partial charge in [-0.15, -0.1) is 0 Å². The maximum Gasteiger partial charge on any atom is 0.115 e. The molecule has 0 spiro atoms. The van der Waals surface area contributed by atoms with E-state index in [9.17, 15) is 10.2 Å². The molecule has 1 rings (SSSR count). The van der Waals surface area contributed by atoms with Gasteiger partial charge in [-0.3, -0.25) is 0 Å². The van der Waals surface area contributed by atoms with Crippen molar-refractivity contribution in [2.24, 2.45) is 5.92 Å². The van der Waals surface area contributed by atoms with Crippen molar-refractivity contribution in [3.63, 3.8) is 0 Å². The standard InChI is InChI=1S/C16H27NO2/c1-4-14(5-2)16(19)11-17-12(3)10-13-6-8-15(18)9-7-13/h6-9,12,14,16-19H,4-5,10-11H2,1-3H3. The Morgan fingerprint density at radius 2 is 1.68 bits per heavy atom. The molecule has 2 atom stereocenters.